The van der Waals surface area contributed by atoms with E-state index in [4.69, 9.17) is 9.15 Å². The molecule has 7 nitrogen and oxygen atoms in total. The molecule has 1 atom stereocenters. The number of halogens is 1. The normalized spacial score (nSPS) is 16.8. The fourth-order valence-electron chi connectivity index (χ4n) is 3.04. The smallest absolute Gasteiger partial charge is 0.275 e. The Kier molecular flexibility index (Phi) is 6.05. The van der Waals surface area contributed by atoms with Crippen LogP contribution in [0.25, 0.3) is 0 Å². The molecule has 144 valence electrons. The minimum Gasteiger partial charge on any atom is -0.484 e. The molecule has 1 fully saturated rings. The zero-order valence-electron chi connectivity index (χ0n) is 15.1. The molecule has 3 rings (SSSR count). The minimum atomic E-state index is -0.394. The highest BCUT2D eigenvalue weighted by Gasteiger charge is 2.26. The summed E-state index contributed by atoms with van der Waals surface area (Å²) >= 11 is 0. The van der Waals surface area contributed by atoms with Gasteiger partial charge in [-0.05, 0) is 30.9 Å². The van der Waals surface area contributed by atoms with E-state index in [1.807, 2.05) is 0 Å². The molecule has 1 aromatic heterocycles. The number of amides is 2. The van der Waals surface area contributed by atoms with Crippen molar-refractivity contribution in [2.45, 2.75) is 26.4 Å². The lowest BCUT2D eigenvalue weighted by Gasteiger charge is -2.32. The number of carbonyl (C=O) groups excluding carboxylic acids is 2. The molecule has 0 saturated carbocycles. The van der Waals surface area contributed by atoms with Crippen LogP contribution in [0.3, 0.4) is 0 Å². The van der Waals surface area contributed by atoms with Gasteiger partial charge in [0.25, 0.3) is 5.91 Å². The van der Waals surface area contributed by atoms with Crippen molar-refractivity contribution in [1.29, 1.82) is 0 Å². The van der Waals surface area contributed by atoms with Gasteiger partial charge < -0.3 is 19.4 Å². The molecule has 2 amide bonds. The van der Waals surface area contributed by atoms with Gasteiger partial charge in [0.15, 0.2) is 12.3 Å². The van der Waals surface area contributed by atoms with Crippen LogP contribution in [0, 0.1) is 11.7 Å². The first-order chi connectivity index (χ1) is 13.0. The lowest BCUT2D eigenvalue weighted by Crippen LogP contribution is -2.43. The number of hydrogen-bond donors (Lipinski definition) is 1. The second-order valence-electron chi connectivity index (χ2n) is 6.57. The topological polar surface area (TPSA) is 84.7 Å². The van der Waals surface area contributed by atoms with Gasteiger partial charge in [0.05, 0.1) is 0 Å². The first kappa shape index (κ1) is 18.9. The van der Waals surface area contributed by atoms with Crippen molar-refractivity contribution < 1.29 is 23.1 Å². The average Bonchev–Trinajstić information content (AvgIpc) is 3.13. The first-order valence-electron chi connectivity index (χ1n) is 8.88. The van der Waals surface area contributed by atoms with E-state index >= 15 is 0 Å². The van der Waals surface area contributed by atoms with Crippen molar-refractivity contribution in [3.63, 3.8) is 0 Å². The molecule has 2 aromatic rings. The number of ether oxygens (including phenoxy) is 1. The van der Waals surface area contributed by atoms with Crippen LogP contribution in [-0.2, 0) is 11.4 Å². The summed E-state index contributed by atoms with van der Waals surface area (Å²) in [5.41, 5.74) is 0.216. The Hall–Kier alpha value is -2.90. The van der Waals surface area contributed by atoms with E-state index in [9.17, 15) is 14.0 Å². The fraction of sp³-hybridized carbons (Fsp3) is 0.421. The molecule has 0 bridgehead atoms. The standard InChI is InChI=1S/C19H22FN3O4/c1-13(24)21-9-14-4-3-7-23(10-14)19(25)17-11-27-18(22-17)12-26-16-6-2-5-15(20)8-16/h2,5-6,8,11,14H,3-4,7,9-10,12H2,1H3,(H,21,24). The van der Waals surface area contributed by atoms with Crippen LogP contribution in [0.5, 0.6) is 5.75 Å². The maximum absolute atomic E-state index is 13.1. The SMILES string of the molecule is CC(=O)NCC1CCCN(C(=O)c2coc(COc3cccc(F)c3)n2)C1. The van der Waals surface area contributed by atoms with Crippen molar-refractivity contribution in [1.82, 2.24) is 15.2 Å². The summed E-state index contributed by atoms with van der Waals surface area (Å²) in [6, 6.07) is 5.76. The molecule has 2 heterocycles. The van der Waals surface area contributed by atoms with E-state index in [0.717, 1.165) is 12.8 Å². The van der Waals surface area contributed by atoms with Gasteiger partial charge in [-0.1, -0.05) is 6.07 Å². The lowest BCUT2D eigenvalue weighted by atomic mass is 9.97. The van der Waals surface area contributed by atoms with E-state index in [1.54, 1.807) is 17.0 Å². The number of nitrogens with one attached hydrogen (secondary N) is 1. The molecule has 1 aliphatic rings. The van der Waals surface area contributed by atoms with Crippen molar-refractivity contribution in [2.24, 2.45) is 5.92 Å². The summed E-state index contributed by atoms with van der Waals surface area (Å²) in [7, 11) is 0. The molecule has 1 saturated heterocycles. The third-order valence-electron chi connectivity index (χ3n) is 4.38. The number of hydrogen-bond acceptors (Lipinski definition) is 5. The maximum Gasteiger partial charge on any atom is 0.275 e. The van der Waals surface area contributed by atoms with Gasteiger partial charge in [-0.2, -0.15) is 0 Å². The highest BCUT2D eigenvalue weighted by Crippen LogP contribution is 2.19. The van der Waals surface area contributed by atoms with Crippen molar-refractivity contribution >= 4 is 11.8 Å². The van der Waals surface area contributed by atoms with E-state index in [0.29, 0.717) is 25.4 Å². The van der Waals surface area contributed by atoms with Gasteiger partial charge in [-0.25, -0.2) is 9.37 Å². The number of piperidine rings is 1. The molecule has 27 heavy (non-hydrogen) atoms. The average molecular weight is 375 g/mol. The van der Waals surface area contributed by atoms with Gasteiger partial charge in [0.2, 0.25) is 11.8 Å². The van der Waals surface area contributed by atoms with E-state index in [2.05, 4.69) is 10.3 Å². The monoisotopic (exact) mass is 375 g/mol. The summed E-state index contributed by atoms with van der Waals surface area (Å²) in [4.78, 5) is 29.6. The third-order valence-corrected chi connectivity index (χ3v) is 4.38. The molecule has 1 N–H and O–H groups in total. The summed E-state index contributed by atoms with van der Waals surface area (Å²) in [5.74, 6) is 0.164. The lowest BCUT2D eigenvalue weighted by molar-refractivity contribution is -0.119. The number of rotatable bonds is 6. The van der Waals surface area contributed by atoms with Gasteiger partial charge in [0, 0.05) is 32.6 Å². The molecule has 0 radical (unpaired) electrons. The quantitative estimate of drug-likeness (QED) is 0.838. The number of aromatic nitrogens is 1. The van der Waals surface area contributed by atoms with Crippen LogP contribution in [-0.4, -0.2) is 41.3 Å². The van der Waals surface area contributed by atoms with Gasteiger partial charge in [-0.3, -0.25) is 9.59 Å². The third kappa shape index (κ3) is 5.29. The molecule has 1 aromatic carbocycles. The van der Waals surface area contributed by atoms with Crippen molar-refractivity contribution in [3.05, 3.63) is 47.9 Å². The Labute approximate surface area is 156 Å². The Balaban J connectivity index is 1.55. The molecular weight excluding hydrogens is 353 g/mol. The number of likely N-dealkylation sites (tertiary alicyclic amines) is 1. The van der Waals surface area contributed by atoms with Crippen molar-refractivity contribution in [3.8, 4) is 5.75 Å². The van der Waals surface area contributed by atoms with Crippen LogP contribution < -0.4 is 10.1 Å². The Morgan fingerprint density at radius 3 is 3.07 bits per heavy atom. The molecule has 0 aliphatic carbocycles. The predicted octanol–water partition coefficient (Wildman–Crippen LogP) is 2.38. The Bertz CT molecular complexity index is 808. The van der Waals surface area contributed by atoms with Gasteiger partial charge in [0.1, 0.15) is 17.8 Å². The van der Waals surface area contributed by atoms with Gasteiger partial charge >= 0.3 is 0 Å². The second-order valence-corrected chi connectivity index (χ2v) is 6.57. The number of oxazole rings is 1. The molecule has 1 aliphatic heterocycles. The summed E-state index contributed by atoms with van der Waals surface area (Å²) < 4.78 is 23.9. The number of carbonyl (C=O) groups is 2. The summed E-state index contributed by atoms with van der Waals surface area (Å²) in [6.45, 7) is 3.26. The predicted molar refractivity (Wildman–Crippen MR) is 94.5 cm³/mol. The Morgan fingerprint density at radius 2 is 2.30 bits per heavy atom. The molecule has 0 spiro atoms. The number of benzene rings is 1. The van der Waals surface area contributed by atoms with E-state index in [-0.39, 0.29) is 35.9 Å². The Morgan fingerprint density at radius 1 is 1.44 bits per heavy atom. The first-order valence-corrected chi connectivity index (χ1v) is 8.88. The minimum absolute atomic E-state index is 0.00187. The molecule has 1 unspecified atom stereocenters. The van der Waals surface area contributed by atoms with Crippen LogP contribution >= 0.6 is 0 Å². The molecular formula is C19H22FN3O4. The van der Waals surface area contributed by atoms with E-state index < -0.39 is 5.82 Å². The zero-order chi connectivity index (χ0) is 19.2. The van der Waals surface area contributed by atoms with Gasteiger partial charge in [-0.15, -0.1) is 0 Å². The van der Waals surface area contributed by atoms with E-state index in [1.165, 1.54) is 25.3 Å². The van der Waals surface area contributed by atoms with Crippen LogP contribution in [0.1, 0.15) is 36.1 Å². The maximum atomic E-state index is 13.1. The summed E-state index contributed by atoms with van der Waals surface area (Å²) in [5, 5.41) is 2.80. The largest absolute Gasteiger partial charge is 0.484 e. The fourth-order valence-corrected chi connectivity index (χ4v) is 3.04. The summed E-state index contributed by atoms with van der Waals surface area (Å²) in [6.07, 6.45) is 3.16. The zero-order valence-corrected chi connectivity index (χ0v) is 15.1. The molecule has 8 heteroatoms. The number of nitrogens with zero attached hydrogens (tertiary/aromatic N) is 2. The highest BCUT2D eigenvalue weighted by atomic mass is 19.1. The second kappa shape index (κ2) is 8.66. The van der Waals surface area contributed by atoms with Crippen LogP contribution in [0.4, 0.5) is 4.39 Å². The highest BCUT2D eigenvalue weighted by molar-refractivity contribution is 5.92. The van der Waals surface area contributed by atoms with Crippen LogP contribution in [0.15, 0.2) is 34.9 Å². The van der Waals surface area contributed by atoms with Crippen molar-refractivity contribution in [2.75, 3.05) is 19.6 Å². The van der Waals surface area contributed by atoms with Crippen LogP contribution in [0.2, 0.25) is 0 Å².